The summed E-state index contributed by atoms with van der Waals surface area (Å²) in [7, 11) is 0. The quantitative estimate of drug-likeness (QED) is 0.0721. The number of anilines is 1. The molecule has 62 heavy (non-hydrogen) atoms. The van der Waals surface area contributed by atoms with Gasteiger partial charge in [-0.15, -0.1) is 0 Å². The van der Waals surface area contributed by atoms with Gasteiger partial charge < -0.3 is 34.9 Å². The van der Waals surface area contributed by atoms with Crippen LogP contribution in [0.4, 0.5) is 10.2 Å². The van der Waals surface area contributed by atoms with Crippen LogP contribution in [0.25, 0.3) is 11.1 Å². The van der Waals surface area contributed by atoms with Crippen LogP contribution in [0.2, 0.25) is 10.0 Å². The first-order chi connectivity index (χ1) is 29.9. The van der Waals surface area contributed by atoms with Crippen LogP contribution >= 0.6 is 23.2 Å². The highest BCUT2D eigenvalue weighted by molar-refractivity contribution is 6.36. The monoisotopic (exact) mass is 894 g/mol. The van der Waals surface area contributed by atoms with Crippen LogP contribution in [0, 0.1) is 5.82 Å². The van der Waals surface area contributed by atoms with Crippen molar-refractivity contribution in [3.05, 3.63) is 87.5 Å². The average Bonchev–Trinajstić information content (AvgIpc) is 3.85. The molecule has 2 saturated heterocycles. The topological polar surface area (TPSA) is 210 Å². The summed E-state index contributed by atoms with van der Waals surface area (Å²) in [4.78, 5) is 70.1. The second-order valence-electron chi connectivity index (χ2n) is 14.9. The number of hydrogen-bond acceptors (Lipinski definition) is 13. The van der Waals surface area contributed by atoms with Crippen molar-refractivity contribution in [2.75, 3.05) is 64.9 Å². The lowest BCUT2D eigenvalue weighted by Crippen LogP contribution is -2.54. The van der Waals surface area contributed by atoms with Crippen molar-refractivity contribution in [2.45, 2.75) is 50.8 Å². The van der Waals surface area contributed by atoms with Crippen LogP contribution in [0.3, 0.4) is 0 Å². The molecule has 328 valence electrons. The number of amides is 5. The molecule has 0 radical (unpaired) electrons. The Hall–Kier alpha value is -5.66. The van der Waals surface area contributed by atoms with Gasteiger partial charge in [-0.25, -0.2) is 9.37 Å². The van der Waals surface area contributed by atoms with Crippen LogP contribution in [-0.2, 0) is 23.9 Å². The third-order valence-electron chi connectivity index (χ3n) is 10.8. The molecule has 4 N–H and O–H groups in total. The number of nitrogen functional groups attached to an aromatic ring is 1. The van der Waals surface area contributed by atoms with Crippen LogP contribution < -0.4 is 25.8 Å². The number of carbonyl (C=O) groups is 5. The highest BCUT2D eigenvalue weighted by Gasteiger charge is 2.46. The number of hydrogen-bond donors (Lipinski definition) is 3. The molecule has 2 aromatic carbocycles. The highest BCUT2D eigenvalue weighted by Crippen LogP contribution is 2.38. The molecular weight excluding hydrogens is 850 g/mol. The van der Waals surface area contributed by atoms with E-state index in [0.717, 1.165) is 48.5 Å². The average molecular weight is 896 g/mol. The zero-order valence-corrected chi connectivity index (χ0v) is 35.3. The molecule has 20 heteroatoms. The Balaban J connectivity index is 0.757. The fourth-order valence-electron chi connectivity index (χ4n) is 7.54. The second kappa shape index (κ2) is 20.0. The number of piperidine rings is 2. The van der Waals surface area contributed by atoms with Crippen molar-refractivity contribution in [1.82, 2.24) is 35.2 Å². The van der Waals surface area contributed by atoms with E-state index in [1.165, 1.54) is 30.3 Å². The number of rotatable bonds is 18. The van der Waals surface area contributed by atoms with Crippen LogP contribution in [0.15, 0.2) is 55.0 Å². The van der Waals surface area contributed by atoms with Gasteiger partial charge in [0.15, 0.2) is 18.2 Å². The third kappa shape index (κ3) is 10.2. The number of aromatic nitrogens is 3. The predicted octanol–water partition coefficient (Wildman–Crippen LogP) is 4.38. The predicted molar refractivity (Wildman–Crippen MR) is 223 cm³/mol. The largest absolute Gasteiger partial charge is 0.483 e. The lowest BCUT2D eigenvalue weighted by atomic mass is 10.0. The Morgan fingerprint density at radius 2 is 1.76 bits per heavy atom. The van der Waals surface area contributed by atoms with Crippen molar-refractivity contribution in [2.24, 2.45) is 0 Å². The molecule has 3 aliphatic rings. The molecular formula is C42H45Cl2FN8O9. The minimum Gasteiger partial charge on any atom is -0.483 e. The van der Waals surface area contributed by atoms with E-state index in [2.05, 4.69) is 25.6 Å². The number of benzene rings is 2. The normalized spacial score (nSPS) is 17.5. The molecule has 2 aromatic heterocycles. The first-order valence-corrected chi connectivity index (χ1v) is 20.9. The van der Waals surface area contributed by atoms with E-state index in [-0.39, 0.29) is 64.8 Å². The Morgan fingerprint density at radius 1 is 0.984 bits per heavy atom. The van der Waals surface area contributed by atoms with Gasteiger partial charge in [0.05, 0.1) is 54.8 Å². The maximum atomic E-state index is 14.1. The van der Waals surface area contributed by atoms with Gasteiger partial charge in [0, 0.05) is 66.7 Å². The van der Waals surface area contributed by atoms with E-state index in [1.807, 2.05) is 10.9 Å². The van der Waals surface area contributed by atoms with Gasteiger partial charge in [-0.05, 0) is 56.5 Å². The summed E-state index contributed by atoms with van der Waals surface area (Å²) in [6.45, 7) is 5.59. The molecule has 3 aliphatic heterocycles. The minimum absolute atomic E-state index is 0.00575. The maximum Gasteiger partial charge on any atom is 0.266 e. The van der Waals surface area contributed by atoms with E-state index < -0.39 is 54.1 Å². The number of imide groups is 2. The minimum atomic E-state index is -1.11. The first-order valence-electron chi connectivity index (χ1n) is 20.1. The van der Waals surface area contributed by atoms with E-state index in [9.17, 15) is 28.4 Å². The van der Waals surface area contributed by atoms with Gasteiger partial charge in [-0.2, -0.15) is 5.10 Å². The Kier molecular flexibility index (Phi) is 14.3. The standard InChI is InChI=1S/C42H45Cl2FN8O9/c1-24(36-29(43)5-6-30(45)38(36)44)62-33-19-25(20-48-39(33)46)26-21-49-52(22-26)27-9-12-51(13-10-27)14-16-60-18-17-59-15-11-47-35(55)23-61-32-4-2-3-28-37(32)42(58)53(41(28)57)31-7-8-34(54)50-40(31)56/h2-6,19-22,24,27,31H,7-18,23H2,1H3,(H2,46,48)(H,47,55)(H,50,54,56)/t24-,31?/m1/s1. The number of nitrogens with two attached hydrogens (primary N) is 1. The molecule has 0 saturated carbocycles. The van der Waals surface area contributed by atoms with Crippen LogP contribution in [0.5, 0.6) is 11.5 Å². The van der Waals surface area contributed by atoms with Crippen molar-refractivity contribution in [1.29, 1.82) is 0 Å². The summed E-state index contributed by atoms with van der Waals surface area (Å²) in [6, 6.07) is 7.95. The summed E-state index contributed by atoms with van der Waals surface area (Å²) in [6.07, 6.45) is 6.57. The van der Waals surface area contributed by atoms with Crippen molar-refractivity contribution in [3.63, 3.8) is 0 Å². The lowest BCUT2D eigenvalue weighted by molar-refractivity contribution is -0.136. The SMILES string of the molecule is C[C@@H](Oc1cc(-c2cnn(C3CCN(CCOCCOCCNC(=O)COc4cccc5c4C(=O)N(C4CCC(=O)NC4=O)C5=O)CC3)c2)cnc1N)c1c(Cl)ccc(F)c1Cl. The van der Waals surface area contributed by atoms with Crippen molar-refractivity contribution < 1.29 is 47.3 Å². The number of pyridine rings is 1. The molecule has 0 spiro atoms. The molecule has 5 heterocycles. The fourth-order valence-corrected chi connectivity index (χ4v) is 8.22. The Labute approximate surface area is 365 Å². The van der Waals surface area contributed by atoms with Gasteiger partial charge in [0.1, 0.15) is 23.7 Å². The molecule has 1 unspecified atom stereocenters. The number of nitrogens with one attached hydrogen (secondary N) is 2. The van der Waals surface area contributed by atoms with Gasteiger partial charge in [-0.1, -0.05) is 29.3 Å². The molecule has 17 nitrogen and oxygen atoms in total. The van der Waals surface area contributed by atoms with Gasteiger partial charge in [0.25, 0.3) is 17.7 Å². The zero-order valence-electron chi connectivity index (χ0n) is 33.7. The number of nitrogens with zero attached hydrogens (tertiary/aromatic N) is 5. The molecule has 7 rings (SSSR count). The number of carbonyl (C=O) groups excluding carboxylic acids is 5. The summed E-state index contributed by atoms with van der Waals surface area (Å²) in [5.74, 6) is -3.08. The van der Waals surface area contributed by atoms with Gasteiger partial charge >= 0.3 is 0 Å². The van der Waals surface area contributed by atoms with E-state index >= 15 is 0 Å². The molecule has 4 aromatic rings. The summed E-state index contributed by atoms with van der Waals surface area (Å²) in [5, 5.41) is 9.64. The summed E-state index contributed by atoms with van der Waals surface area (Å²) in [5.41, 5.74) is 8.07. The van der Waals surface area contributed by atoms with Gasteiger partial charge in [-0.3, -0.25) is 38.9 Å². The van der Waals surface area contributed by atoms with Crippen LogP contribution in [0.1, 0.15) is 71.0 Å². The number of fused-ring (bicyclic) bond motifs is 1. The molecule has 2 atom stereocenters. The van der Waals surface area contributed by atoms with E-state index in [4.69, 9.17) is 47.9 Å². The molecule has 5 amide bonds. The zero-order chi connectivity index (χ0) is 43.9. The smallest absolute Gasteiger partial charge is 0.266 e. The number of likely N-dealkylation sites (tertiary alicyclic amines) is 1. The fraction of sp³-hybridized carbons (Fsp3) is 0.405. The molecule has 0 bridgehead atoms. The second-order valence-corrected chi connectivity index (χ2v) is 15.7. The summed E-state index contributed by atoms with van der Waals surface area (Å²) < 4.78 is 39.1. The maximum absolute atomic E-state index is 14.1. The van der Waals surface area contributed by atoms with Gasteiger partial charge in [0.2, 0.25) is 11.8 Å². The van der Waals surface area contributed by atoms with E-state index in [0.29, 0.717) is 31.1 Å². The van der Waals surface area contributed by atoms with Crippen molar-refractivity contribution >= 4 is 58.6 Å². The molecule has 2 fully saturated rings. The Morgan fingerprint density at radius 3 is 2.53 bits per heavy atom. The van der Waals surface area contributed by atoms with E-state index in [1.54, 1.807) is 25.4 Å². The summed E-state index contributed by atoms with van der Waals surface area (Å²) >= 11 is 12.5. The first kappa shape index (κ1) is 44.4. The van der Waals surface area contributed by atoms with Crippen LogP contribution in [-0.4, -0.2) is 119 Å². The van der Waals surface area contributed by atoms with Crippen molar-refractivity contribution in [3.8, 4) is 22.6 Å². The Bertz CT molecular complexity index is 2340. The highest BCUT2D eigenvalue weighted by atomic mass is 35.5. The number of halogens is 3. The lowest BCUT2D eigenvalue weighted by Gasteiger charge is -2.31. The number of ether oxygens (including phenoxy) is 4. The molecule has 0 aliphatic carbocycles. The third-order valence-corrected chi connectivity index (χ3v) is 11.5.